The summed E-state index contributed by atoms with van der Waals surface area (Å²) in [6.45, 7) is 0.913. The molecule has 3 nitrogen and oxygen atoms in total. The van der Waals surface area contributed by atoms with Crippen LogP contribution in [0.5, 0.6) is 0 Å². The smallest absolute Gasteiger partial charge is 0.0713 e. The molecule has 1 unspecified atom stereocenters. The van der Waals surface area contributed by atoms with Gasteiger partial charge < -0.3 is 10.2 Å². The monoisotopic (exact) mass is 487 g/mol. The number of rotatable bonds is 6. The molecular formula is C22H23Br2N3. The third kappa shape index (κ3) is 5.26. The fraction of sp³-hybridized carbons (Fsp3) is 0.227. The number of hydrogen-bond donors (Lipinski definition) is 1. The highest BCUT2D eigenvalue weighted by molar-refractivity contribution is 9.10. The summed E-state index contributed by atoms with van der Waals surface area (Å²) in [5, 5.41) is 3.44. The Bertz CT molecular complexity index is 861. The summed E-state index contributed by atoms with van der Waals surface area (Å²) in [6, 6.07) is 21.2. The lowest BCUT2D eigenvalue weighted by atomic mass is 10.00. The van der Waals surface area contributed by atoms with E-state index in [0.717, 1.165) is 38.0 Å². The number of pyridine rings is 1. The first kappa shape index (κ1) is 20.2. The molecule has 1 aromatic heterocycles. The second-order valence-electron chi connectivity index (χ2n) is 6.80. The Morgan fingerprint density at radius 2 is 1.41 bits per heavy atom. The van der Waals surface area contributed by atoms with Crippen molar-refractivity contribution in [2.24, 2.45) is 0 Å². The van der Waals surface area contributed by atoms with Gasteiger partial charge >= 0.3 is 0 Å². The lowest BCUT2D eigenvalue weighted by Gasteiger charge is -2.22. The topological polar surface area (TPSA) is 28.2 Å². The van der Waals surface area contributed by atoms with E-state index in [4.69, 9.17) is 4.98 Å². The van der Waals surface area contributed by atoms with Crippen LogP contribution in [0.25, 0.3) is 22.5 Å². The van der Waals surface area contributed by atoms with Gasteiger partial charge in [-0.15, -0.1) is 0 Å². The zero-order valence-corrected chi connectivity index (χ0v) is 18.9. The third-order valence-corrected chi connectivity index (χ3v) is 5.37. The molecule has 0 aliphatic carbocycles. The second kappa shape index (κ2) is 9.11. The number of likely N-dealkylation sites (N-methyl/N-ethyl adjacent to an activating group) is 2. The van der Waals surface area contributed by atoms with E-state index in [1.54, 1.807) is 0 Å². The van der Waals surface area contributed by atoms with E-state index in [-0.39, 0.29) is 6.04 Å². The van der Waals surface area contributed by atoms with Crippen molar-refractivity contribution in [2.75, 3.05) is 27.7 Å². The van der Waals surface area contributed by atoms with Crippen LogP contribution in [0, 0.1) is 0 Å². The third-order valence-electron chi connectivity index (χ3n) is 4.39. The van der Waals surface area contributed by atoms with E-state index in [9.17, 15) is 0 Å². The minimum Gasteiger partial charge on any atom is -0.312 e. The zero-order valence-electron chi connectivity index (χ0n) is 15.7. The molecule has 5 heteroatoms. The van der Waals surface area contributed by atoms with E-state index >= 15 is 0 Å². The van der Waals surface area contributed by atoms with Crippen LogP contribution >= 0.6 is 31.9 Å². The molecule has 3 rings (SSSR count). The molecule has 0 fully saturated rings. The molecule has 0 radical (unpaired) electrons. The molecule has 0 aliphatic heterocycles. The molecule has 0 amide bonds. The average Bonchev–Trinajstić information content (AvgIpc) is 2.65. The standard InChI is InChI=1S/C22H23Br2N3/c1-25-22(14-27(2)3)17-12-20(15-6-4-8-18(23)10-15)26-21(13-17)16-7-5-9-19(24)11-16/h4-13,22,25H,14H2,1-3H3. The molecule has 0 aliphatic rings. The Hall–Kier alpha value is -1.53. The van der Waals surface area contributed by atoms with Crippen molar-refractivity contribution < 1.29 is 0 Å². The van der Waals surface area contributed by atoms with Crippen LogP contribution in [0.3, 0.4) is 0 Å². The number of benzene rings is 2. The van der Waals surface area contributed by atoms with Crippen LogP contribution < -0.4 is 5.32 Å². The molecule has 2 aromatic carbocycles. The van der Waals surface area contributed by atoms with Gasteiger partial charge in [0.2, 0.25) is 0 Å². The van der Waals surface area contributed by atoms with Crippen molar-refractivity contribution >= 4 is 31.9 Å². The second-order valence-corrected chi connectivity index (χ2v) is 8.63. The maximum Gasteiger partial charge on any atom is 0.0713 e. The minimum atomic E-state index is 0.222. The van der Waals surface area contributed by atoms with Crippen LogP contribution in [0.15, 0.2) is 69.6 Å². The molecule has 1 heterocycles. The number of hydrogen-bond acceptors (Lipinski definition) is 3. The molecule has 1 atom stereocenters. The van der Waals surface area contributed by atoms with Crippen molar-refractivity contribution in [3.63, 3.8) is 0 Å². The predicted molar refractivity (Wildman–Crippen MR) is 121 cm³/mol. The Kier molecular flexibility index (Phi) is 6.82. The summed E-state index contributed by atoms with van der Waals surface area (Å²) in [6.07, 6.45) is 0. The maximum absolute atomic E-state index is 4.97. The van der Waals surface area contributed by atoms with Gasteiger partial charge in [-0.25, -0.2) is 4.98 Å². The normalized spacial score (nSPS) is 12.4. The summed E-state index contributed by atoms with van der Waals surface area (Å²) in [5.74, 6) is 0. The van der Waals surface area contributed by atoms with Crippen molar-refractivity contribution in [3.8, 4) is 22.5 Å². The maximum atomic E-state index is 4.97. The predicted octanol–water partition coefficient (Wildman–Crippen LogP) is 5.76. The van der Waals surface area contributed by atoms with Gasteiger partial charge in [0.25, 0.3) is 0 Å². The number of nitrogens with one attached hydrogen (secondary N) is 1. The number of halogens is 2. The van der Waals surface area contributed by atoms with Gasteiger partial charge in [-0.3, -0.25) is 0 Å². The van der Waals surface area contributed by atoms with Crippen molar-refractivity contribution in [1.82, 2.24) is 15.2 Å². The molecule has 0 saturated carbocycles. The van der Waals surface area contributed by atoms with Gasteiger partial charge in [-0.1, -0.05) is 56.1 Å². The van der Waals surface area contributed by atoms with Gasteiger partial charge in [0.15, 0.2) is 0 Å². The van der Waals surface area contributed by atoms with Gasteiger partial charge in [0.1, 0.15) is 0 Å². The Labute approximate surface area is 178 Å². The summed E-state index contributed by atoms with van der Waals surface area (Å²) < 4.78 is 2.10. The number of nitrogens with zero attached hydrogens (tertiary/aromatic N) is 2. The summed E-state index contributed by atoms with van der Waals surface area (Å²) in [7, 11) is 6.19. The SMILES string of the molecule is CNC(CN(C)C)c1cc(-c2cccc(Br)c2)nc(-c2cccc(Br)c2)c1. The van der Waals surface area contributed by atoms with Gasteiger partial charge in [0.05, 0.1) is 11.4 Å². The molecule has 3 aromatic rings. The quantitative estimate of drug-likeness (QED) is 0.477. The fourth-order valence-corrected chi connectivity index (χ4v) is 3.87. The Morgan fingerprint density at radius 3 is 1.81 bits per heavy atom. The van der Waals surface area contributed by atoms with Crippen LogP contribution in [0.2, 0.25) is 0 Å². The van der Waals surface area contributed by atoms with Gasteiger partial charge in [-0.05, 0) is 63.1 Å². The molecule has 27 heavy (non-hydrogen) atoms. The van der Waals surface area contributed by atoms with Crippen molar-refractivity contribution in [3.05, 3.63) is 75.2 Å². The Morgan fingerprint density at radius 1 is 0.889 bits per heavy atom. The lowest BCUT2D eigenvalue weighted by molar-refractivity contribution is 0.353. The largest absolute Gasteiger partial charge is 0.312 e. The van der Waals surface area contributed by atoms with Crippen LogP contribution in [0.1, 0.15) is 11.6 Å². The highest BCUT2D eigenvalue weighted by atomic mass is 79.9. The van der Waals surface area contributed by atoms with E-state index in [1.807, 2.05) is 31.3 Å². The highest BCUT2D eigenvalue weighted by Crippen LogP contribution is 2.30. The minimum absolute atomic E-state index is 0.222. The molecule has 140 valence electrons. The zero-order chi connectivity index (χ0) is 19.4. The molecule has 1 N–H and O–H groups in total. The van der Waals surface area contributed by atoms with Crippen LogP contribution in [-0.4, -0.2) is 37.6 Å². The molecule has 0 bridgehead atoms. The summed E-state index contributed by atoms with van der Waals surface area (Å²) >= 11 is 7.15. The molecular weight excluding hydrogens is 466 g/mol. The van der Waals surface area contributed by atoms with Crippen molar-refractivity contribution in [1.29, 1.82) is 0 Å². The van der Waals surface area contributed by atoms with E-state index in [0.29, 0.717) is 0 Å². The van der Waals surface area contributed by atoms with Crippen molar-refractivity contribution in [2.45, 2.75) is 6.04 Å². The van der Waals surface area contributed by atoms with Crippen LogP contribution in [-0.2, 0) is 0 Å². The van der Waals surface area contributed by atoms with E-state index in [2.05, 4.69) is 92.6 Å². The highest BCUT2D eigenvalue weighted by Gasteiger charge is 2.15. The molecule has 0 saturated heterocycles. The fourth-order valence-electron chi connectivity index (χ4n) is 3.07. The average molecular weight is 489 g/mol. The summed E-state index contributed by atoms with van der Waals surface area (Å²) in [4.78, 5) is 7.16. The first-order valence-electron chi connectivity index (χ1n) is 8.82. The molecule has 0 spiro atoms. The van der Waals surface area contributed by atoms with E-state index < -0.39 is 0 Å². The van der Waals surface area contributed by atoms with Gasteiger partial charge in [-0.2, -0.15) is 0 Å². The lowest BCUT2D eigenvalue weighted by Crippen LogP contribution is -2.28. The first-order valence-corrected chi connectivity index (χ1v) is 10.4. The number of aromatic nitrogens is 1. The first-order chi connectivity index (χ1) is 13.0. The van der Waals surface area contributed by atoms with E-state index in [1.165, 1.54) is 5.56 Å². The summed E-state index contributed by atoms with van der Waals surface area (Å²) in [5.41, 5.74) is 5.38. The Balaban J connectivity index is 2.15. The van der Waals surface area contributed by atoms with Crippen LogP contribution in [0.4, 0.5) is 0 Å². The van der Waals surface area contributed by atoms with Gasteiger partial charge in [0, 0.05) is 32.7 Å².